The molecule has 0 saturated heterocycles. The van der Waals surface area contributed by atoms with Crippen LogP contribution in [0.4, 0.5) is 8.78 Å². The molecule has 2 aromatic rings. The van der Waals surface area contributed by atoms with Gasteiger partial charge in [-0.1, -0.05) is 24.3 Å². The van der Waals surface area contributed by atoms with E-state index in [-0.39, 0.29) is 16.7 Å². The highest BCUT2D eigenvalue weighted by Crippen LogP contribution is 2.30. The van der Waals surface area contributed by atoms with E-state index in [1.54, 1.807) is 18.2 Å². The molecule has 2 rings (SSSR count). The normalized spacial score (nSPS) is 12.5. The third-order valence-electron chi connectivity index (χ3n) is 2.79. The van der Waals surface area contributed by atoms with Crippen molar-refractivity contribution in [1.82, 2.24) is 0 Å². The van der Waals surface area contributed by atoms with Gasteiger partial charge in [-0.05, 0) is 55.1 Å². The molecule has 0 fully saturated rings. The van der Waals surface area contributed by atoms with Crippen molar-refractivity contribution in [2.75, 3.05) is 0 Å². The first-order valence-corrected chi connectivity index (χ1v) is 7.14. The van der Waals surface area contributed by atoms with Gasteiger partial charge in [-0.25, -0.2) is 8.78 Å². The van der Waals surface area contributed by atoms with Crippen LogP contribution in [0.25, 0.3) is 0 Å². The summed E-state index contributed by atoms with van der Waals surface area (Å²) < 4.78 is 27.3. The minimum Gasteiger partial charge on any atom is -0.388 e. The number of halogens is 4. The molecule has 19 heavy (non-hydrogen) atoms. The van der Waals surface area contributed by atoms with Crippen LogP contribution in [-0.4, -0.2) is 5.11 Å². The van der Waals surface area contributed by atoms with Crippen molar-refractivity contribution in [2.45, 2.75) is 12.5 Å². The van der Waals surface area contributed by atoms with Crippen LogP contribution in [0.15, 0.2) is 45.3 Å². The molecule has 1 N–H and O–H groups in total. The van der Waals surface area contributed by atoms with E-state index in [9.17, 15) is 13.9 Å². The summed E-state index contributed by atoms with van der Waals surface area (Å²) in [5.41, 5.74) is 1.07. The van der Waals surface area contributed by atoms with E-state index in [1.165, 1.54) is 18.2 Å². The van der Waals surface area contributed by atoms with Crippen LogP contribution in [0.3, 0.4) is 0 Å². The topological polar surface area (TPSA) is 20.2 Å². The fourth-order valence-electron chi connectivity index (χ4n) is 1.80. The van der Waals surface area contributed by atoms with Gasteiger partial charge >= 0.3 is 0 Å². The highest BCUT2D eigenvalue weighted by atomic mass is 79.9. The van der Waals surface area contributed by atoms with Gasteiger partial charge in [0, 0.05) is 6.42 Å². The molecule has 0 bridgehead atoms. The van der Waals surface area contributed by atoms with Crippen LogP contribution in [0.1, 0.15) is 17.2 Å². The maximum Gasteiger partial charge on any atom is 0.137 e. The smallest absolute Gasteiger partial charge is 0.137 e. The molecular formula is C14H10Br2F2O. The Bertz CT molecular complexity index is 602. The molecule has 0 amide bonds. The van der Waals surface area contributed by atoms with E-state index in [0.717, 1.165) is 0 Å². The first-order valence-electron chi connectivity index (χ1n) is 5.55. The van der Waals surface area contributed by atoms with Crippen LogP contribution in [0, 0.1) is 11.6 Å². The van der Waals surface area contributed by atoms with E-state index in [4.69, 9.17) is 0 Å². The second kappa shape index (κ2) is 6.11. The molecule has 1 atom stereocenters. The summed E-state index contributed by atoms with van der Waals surface area (Å²) in [6.07, 6.45) is -0.719. The number of benzene rings is 2. The van der Waals surface area contributed by atoms with Crippen LogP contribution in [0.2, 0.25) is 0 Å². The van der Waals surface area contributed by atoms with Gasteiger partial charge in [0.05, 0.1) is 15.0 Å². The maximum atomic E-state index is 13.4. The zero-order valence-corrected chi connectivity index (χ0v) is 12.9. The number of hydrogen-bond acceptors (Lipinski definition) is 1. The lowest BCUT2D eigenvalue weighted by atomic mass is 10.0. The minimum atomic E-state index is -0.914. The number of aliphatic hydroxyl groups is 1. The molecular weight excluding hydrogens is 382 g/mol. The SMILES string of the molecule is OC(Cc1cccc(F)c1Br)c1cccc(F)c1Br. The quantitative estimate of drug-likeness (QED) is 0.799. The summed E-state index contributed by atoms with van der Waals surface area (Å²) in [7, 11) is 0. The molecule has 5 heteroatoms. The van der Waals surface area contributed by atoms with Gasteiger partial charge < -0.3 is 5.11 Å². The highest BCUT2D eigenvalue weighted by Gasteiger charge is 2.16. The minimum absolute atomic E-state index is 0.195. The molecule has 0 radical (unpaired) electrons. The van der Waals surface area contributed by atoms with Gasteiger partial charge in [0.15, 0.2) is 0 Å². The Morgan fingerprint density at radius 3 is 2.21 bits per heavy atom. The molecule has 0 spiro atoms. The Hall–Kier alpha value is -0.780. The van der Waals surface area contributed by atoms with Crippen molar-refractivity contribution >= 4 is 31.9 Å². The van der Waals surface area contributed by atoms with Gasteiger partial charge in [0.25, 0.3) is 0 Å². The fourth-order valence-corrected chi connectivity index (χ4v) is 2.76. The molecule has 0 aliphatic rings. The van der Waals surface area contributed by atoms with Crippen molar-refractivity contribution in [1.29, 1.82) is 0 Å². The monoisotopic (exact) mass is 390 g/mol. The van der Waals surface area contributed by atoms with Crippen molar-refractivity contribution in [3.8, 4) is 0 Å². The van der Waals surface area contributed by atoms with Crippen LogP contribution in [0.5, 0.6) is 0 Å². The van der Waals surface area contributed by atoms with Gasteiger partial charge in [-0.3, -0.25) is 0 Å². The lowest BCUT2D eigenvalue weighted by molar-refractivity contribution is 0.177. The van der Waals surface area contributed by atoms with E-state index < -0.39 is 11.9 Å². The third kappa shape index (κ3) is 3.22. The Morgan fingerprint density at radius 2 is 1.53 bits per heavy atom. The summed E-state index contributed by atoms with van der Waals surface area (Å²) in [4.78, 5) is 0. The zero-order chi connectivity index (χ0) is 14.0. The summed E-state index contributed by atoms with van der Waals surface area (Å²) in [6, 6.07) is 9.08. The van der Waals surface area contributed by atoms with Gasteiger partial charge in [0.2, 0.25) is 0 Å². The summed E-state index contributed by atoms with van der Waals surface area (Å²) >= 11 is 6.25. The Balaban J connectivity index is 2.28. The average Bonchev–Trinajstić information content (AvgIpc) is 2.38. The zero-order valence-electron chi connectivity index (χ0n) is 9.71. The van der Waals surface area contributed by atoms with E-state index >= 15 is 0 Å². The largest absolute Gasteiger partial charge is 0.388 e. The molecule has 100 valence electrons. The van der Waals surface area contributed by atoms with Crippen LogP contribution in [-0.2, 0) is 6.42 Å². The highest BCUT2D eigenvalue weighted by molar-refractivity contribution is 9.10. The second-order valence-electron chi connectivity index (χ2n) is 4.08. The third-order valence-corrected chi connectivity index (χ3v) is 4.51. The van der Waals surface area contributed by atoms with Crippen LogP contribution < -0.4 is 0 Å². The average molecular weight is 392 g/mol. The molecule has 0 heterocycles. The molecule has 1 nitrogen and oxygen atoms in total. The first-order chi connectivity index (χ1) is 9.00. The molecule has 0 aliphatic carbocycles. The molecule has 2 aromatic carbocycles. The summed E-state index contributed by atoms with van der Waals surface area (Å²) in [6.45, 7) is 0. The predicted molar refractivity (Wildman–Crippen MR) is 76.9 cm³/mol. The predicted octanol–water partition coefficient (Wildman–Crippen LogP) is 4.77. The van der Waals surface area contributed by atoms with Crippen molar-refractivity contribution < 1.29 is 13.9 Å². The van der Waals surface area contributed by atoms with Crippen molar-refractivity contribution in [2.24, 2.45) is 0 Å². The van der Waals surface area contributed by atoms with Gasteiger partial charge in [0.1, 0.15) is 11.6 Å². The van der Waals surface area contributed by atoms with Crippen molar-refractivity contribution in [3.63, 3.8) is 0 Å². The lowest BCUT2D eigenvalue weighted by Crippen LogP contribution is -2.04. The number of rotatable bonds is 3. The second-order valence-corrected chi connectivity index (χ2v) is 5.66. The van der Waals surface area contributed by atoms with Crippen LogP contribution >= 0.6 is 31.9 Å². The molecule has 0 aromatic heterocycles. The number of hydrogen-bond donors (Lipinski definition) is 1. The standard InChI is InChI=1S/C14H10Br2F2O/c15-13-8(3-1-5-10(13)17)7-12(19)9-4-2-6-11(18)14(9)16/h1-6,12,19H,7H2. The molecule has 0 saturated carbocycles. The van der Waals surface area contributed by atoms with Gasteiger partial charge in [-0.2, -0.15) is 0 Å². The van der Waals surface area contributed by atoms with Gasteiger partial charge in [-0.15, -0.1) is 0 Å². The Labute approximate surface area is 126 Å². The number of aliphatic hydroxyl groups excluding tert-OH is 1. The van der Waals surface area contributed by atoms with E-state index in [1.807, 2.05) is 0 Å². The summed E-state index contributed by atoms with van der Waals surface area (Å²) in [5.74, 6) is -0.821. The molecule has 0 aliphatic heterocycles. The Kier molecular flexibility index (Phi) is 4.71. The summed E-state index contributed by atoms with van der Waals surface area (Å²) in [5, 5.41) is 10.2. The molecule has 1 unspecified atom stereocenters. The maximum absolute atomic E-state index is 13.4. The Morgan fingerprint density at radius 1 is 0.947 bits per heavy atom. The van der Waals surface area contributed by atoms with E-state index in [0.29, 0.717) is 15.6 Å². The van der Waals surface area contributed by atoms with Crippen molar-refractivity contribution in [3.05, 3.63) is 68.1 Å². The fraction of sp³-hybridized carbons (Fsp3) is 0.143. The lowest BCUT2D eigenvalue weighted by Gasteiger charge is -2.14. The van der Waals surface area contributed by atoms with E-state index in [2.05, 4.69) is 31.9 Å². The first kappa shape index (κ1) is 14.6.